The lowest BCUT2D eigenvalue weighted by Crippen LogP contribution is -2.38. The van der Waals surface area contributed by atoms with Gasteiger partial charge in [-0.3, -0.25) is 9.59 Å². The first-order valence-electron chi connectivity index (χ1n) is 7.26. The van der Waals surface area contributed by atoms with E-state index in [0.29, 0.717) is 11.8 Å². The fourth-order valence-electron chi connectivity index (χ4n) is 1.71. The van der Waals surface area contributed by atoms with Gasteiger partial charge in [-0.1, -0.05) is 19.9 Å². The van der Waals surface area contributed by atoms with E-state index in [1.54, 1.807) is 18.2 Å². The number of nitrogens with zero attached hydrogens (tertiary/aromatic N) is 1. The fourth-order valence-corrected chi connectivity index (χ4v) is 2.30. The van der Waals surface area contributed by atoms with Crippen LogP contribution in [0, 0.1) is 0 Å². The quantitative estimate of drug-likeness (QED) is 0.711. The number of nitrogens with one attached hydrogen (secondary N) is 2. The van der Waals surface area contributed by atoms with Gasteiger partial charge in [0, 0.05) is 23.8 Å². The third-order valence-corrected chi connectivity index (χ3v) is 3.99. The molecule has 5 nitrogen and oxygen atoms in total. The molecule has 0 aliphatic rings. The topological polar surface area (TPSA) is 71.1 Å². The number of halogens is 2. The predicted molar refractivity (Wildman–Crippen MR) is 88.8 cm³/mol. The maximum atomic E-state index is 12.1. The maximum absolute atomic E-state index is 12.1. The van der Waals surface area contributed by atoms with Crippen LogP contribution >= 0.6 is 23.2 Å². The van der Waals surface area contributed by atoms with Gasteiger partial charge in [-0.15, -0.1) is 23.2 Å². The summed E-state index contributed by atoms with van der Waals surface area (Å²) in [5, 5.41) is 5.55. The summed E-state index contributed by atoms with van der Waals surface area (Å²) in [5.74, 6) is -0.0230. The summed E-state index contributed by atoms with van der Waals surface area (Å²) in [7, 11) is 0. The Morgan fingerprint density at radius 3 is 1.73 bits per heavy atom. The van der Waals surface area contributed by atoms with Gasteiger partial charge in [0.05, 0.1) is 0 Å². The van der Waals surface area contributed by atoms with Gasteiger partial charge in [-0.05, 0) is 25.0 Å². The van der Waals surface area contributed by atoms with Gasteiger partial charge in [0.15, 0.2) is 0 Å². The number of aromatic nitrogens is 1. The first-order chi connectivity index (χ1) is 10.5. The summed E-state index contributed by atoms with van der Waals surface area (Å²) in [5.41, 5.74) is 0.380. The summed E-state index contributed by atoms with van der Waals surface area (Å²) < 4.78 is 0. The first-order valence-corrected chi connectivity index (χ1v) is 8.33. The highest BCUT2D eigenvalue weighted by atomic mass is 35.5. The molecule has 2 N–H and O–H groups in total. The van der Waals surface area contributed by atoms with Crippen LogP contribution in [-0.2, 0) is 0 Å². The minimum Gasteiger partial charge on any atom is -0.347 e. The van der Waals surface area contributed by atoms with Gasteiger partial charge >= 0.3 is 0 Å². The molecule has 0 unspecified atom stereocenters. The highest BCUT2D eigenvalue weighted by Gasteiger charge is 2.16. The molecule has 0 fully saturated rings. The van der Waals surface area contributed by atoms with Gasteiger partial charge in [-0.25, -0.2) is 4.98 Å². The molecule has 2 amide bonds. The van der Waals surface area contributed by atoms with Crippen LogP contribution in [0.1, 0.15) is 47.7 Å². The number of hydrogen-bond acceptors (Lipinski definition) is 3. The Morgan fingerprint density at radius 2 is 1.41 bits per heavy atom. The van der Waals surface area contributed by atoms with Crippen molar-refractivity contribution in [2.24, 2.45) is 0 Å². The number of rotatable bonds is 8. The zero-order valence-electron chi connectivity index (χ0n) is 12.7. The molecule has 0 aliphatic heterocycles. The van der Waals surface area contributed by atoms with Crippen molar-refractivity contribution < 1.29 is 9.59 Å². The van der Waals surface area contributed by atoms with E-state index in [4.69, 9.17) is 23.2 Å². The molecule has 1 aromatic heterocycles. The van der Waals surface area contributed by atoms with Gasteiger partial charge in [0.2, 0.25) is 0 Å². The van der Waals surface area contributed by atoms with Crippen molar-refractivity contribution in [2.75, 3.05) is 11.8 Å². The fraction of sp³-hybridized carbons (Fsp3) is 0.533. The van der Waals surface area contributed by atoms with Crippen LogP contribution in [-0.4, -0.2) is 40.6 Å². The number of carbonyl (C=O) groups is 2. The Labute approximate surface area is 140 Å². The lowest BCUT2D eigenvalue weighted by Gasteiger charge is -2.15. The second-order valence-corrected chi connectivity index (χ2v) is 5.49. The molecular weight excluding hydrogens is 325 g/mol. The van der Waals surface area contributed by atoms with Crippen LogP contribution in [0.25, 0.3) is 0 Å². The summed E-state index contributed by atoms with van der Waals surface area (Å²) in [6.07, 6.45) is 1.45. The Morgan fingerprint density at radius 1 is 1.00 bits per heavy atom. The zero-order chi connectivity index (χ0) is 16.5. The monoisotopic (exact) mass is 345 g/mol. The molecule has 122 valence electrons. The van der Waals surface area contributed by atoms with Crippen molar-refractivity contribution in [3.63, 3.8) is 0 Å². The lowest BCUT2D eigenvalue weighted by molar-refractivity contribution is 0.0930. The smallest absolute Gasteiger partial charge is 0.270 e. The zero-order valence-corrected chi connectivity index (χ0v) is 14.2. The van der Waals surface area contributed by atoms with Crippen molar-refractivity contribution in [3.05, 3.63) is 29.6 Å². The molecule has 1 aromatic rings. The summed E-state index contributed by atoms with van der Waals surface area (Å²) in [6.45, 7) is 3.86. The molecule has 0 saturated heterocycles. The van der Waals surface area contributed by atoms with Gasteiger partial charge in [-0.2, -0.15) is 0 Å². The third kappa shape index (κ3) is 5.46. The first kappa shape index (κ1) is 18.7. The molecule has 22 heavy (non-hydrogen) atoms. The minimum absolute atomic E-state index is 0.117. The average molecular weight is 346 g/mol. The van der Waals surface area contributed by atoms with Crippen LogP contribution in [0.2, 0.25) is 0 Å². The number of carbonyl (C=O) groups excluding carboxylic acids is 2. The molecule has 2 atom stereocenters. The van der Waals surface area contributed by atoms with E-state index in [9.17, 15) is 9.59 Å². The van der Waals surface area contributed by atoms with Crippen LogP contribution in [0.5, 0.6) is 0 Å². The van der Waals surface area contributed by atoms with Gasteiger partial charge < -0.3 is 10.6 Å². The van der Waals surface area contributed by atoms with E-state index >= 15 is 0 Å². The summed E-state index contributed by atoms with van der Waals surface area (Å²) in [4.78, 5) is 28.3. The molecule has 1 rings (SSSR count). The minimum atomic E-state index is -0.341. The van der Waals surface area contributed by atoms with Crippen molar-refractivity contribution in [1.82, 2.24) is 15.6 Å². The summed E-state index contributed by atoms with van der Waals surface area (Å²) in [6, 6.07) is 4.51. The molecule has 0 saturated carbocycles. The standard InChI is InChI=1S/C15H21Cl2N3O2/c1-3-10(8-16)18-14(21)12-6-5-7-13(20-12)15(22)19-11(4-2)9-17/h5-7,10-11H,3-4,8-9H2,1-2H3,(H,18,21)(H,19,22)/t10-,11-/m0/s1. The van der Waals surface area contributed by atoms with Crippen LogP contribution in [0.3, 0.4) is 0 Å². The molecule has 0 aromatic carbocycles. The highest BCUT2D eigenvalue weighted by molar-refractivity contribution is 6.18. The molecule has 7 heteroatoms. The molecule has 0 spiro atoms. The summed E-state index contributed by atoms with van der Waals surface area (Å²) >= 11 is 11.5. The van der Waals surface area contributed by atoms with Crippen molar-refractivity contribution in [1.29, 1.82) is 0 Å². The van der Waals surface area contributed by atoms with E-state index in [1.165, 1.54) is 0 Å². The average Bonchev–Trinajstić information content (AvgIpc) is 2.57. The second kappa shape index (κ2) is 9.64. The van der Waals surface area contributed by atoms with Crippen LogP contribution in [0.15, 0.2) is 18.2 Å². The van der Waals surface area contributed by atoms with E-state index in [1.807, 2.05) is 13.8 Å². The predicted octanol–water partition coefficient (Wildman–Crippen LogP) is 2.58. The number of amides is 2. The third-order valence-electron chi connectivity index (χ3n) is 3.24. The van der Waals surface area contributed by atoms with E-state index in [0.717, 1.165) is 12.8 Å². The number of pyridine rings is 1. The number of hydrogen-bond donors (Lipinski definition) is 2. The molecule has 0 aliphatic carbocycles. The maximum Gasteiger partial charge on any atom is 0.270 e. The van der Waals surface area contributed by atoms with Crippen molar-refractivity contribution in [3.8, 4) is 0 Å². The van der Waals surface area contributed by atoms with Crippen molar-refractivity contribution >= 4 is 35.0 Å². The van der Waals surface area contributed by atoms with Crippen LogP contribution in [0.4, 0.5) is 0 Å². The lowest BCUT2D eigenvalue weighted by atomic mass is 10.2. The highest BCUT2D eigenvalue weighted by Crippen LogP contribution is 2.04. The Balaban J connectivity index is 2.81. The van der Waals surface area contributed by atoms with Gasteiger partial charge in [0.1, 0.15) is 11.4 Å². The molecule has 1 heterocycles. The molecular formula is C15H21Cl2N3O2. The number of alkyl halides is 2. The van der Waals surface area contributed by atoms with Crippen molar-refractivity contribution in [2.45, 2.75) is 38.8 Å². The SMILES string of the molecule is CC[C@@H](CCl)NC(=O)c1cccc(C(=O)N[C@@H](CC)CCl)n1. The largest absolute Gasteiger partial charge is 0.347 e. The molecule has 0 bridgehead atoms. The second-order valence-electron chi connectivity index (χ2n) is 4.87. The Hall–Kier alpha value is -1.33. The molecule has 0 radical (unpaired) electrons. The normalized spacial score (nSPS) is 13.3. The van der Waals surface area contributed by atoms with E-state index in [2.05, 4.69) is 15.6 Å². The van der Waals surface area contributed by atoms with E-state index < -0.39 is 0 Å². The Bertz CT molecular complexity index is 462. The van der Waals surface area contributed by atoms with Gasteiger partial charge in [0.25, 0.3) is 11.8 Å². The Kier molecular flexibility index (Phi) is 8.20. The van der Waals surface area contributed by atoms with Crippen LogP contribution < -0.4 is 10.6 Å². The van der Waals surface area contributed by atoms with E-state index in [-0.39, 0.29) is 35.3 Å².